The molecule has 4 bridgehead atoms. The Balaban J connectivity index is 2.22. The number of ketones is 1. The highest BCUT2D eigenvalue weighted by Gasteiger charge is 2.78. The first-order valence-electron chi connectivity index (χ1n) is 12.1. The number of fused-ring (bicyclic) bond motifs is 3. The first-order valence-corrected chi connectivity index (χ1v) is 12.1. The van der Waals surface area contributed by atoms with E-state index in [1.54, 1.807) is 39.8 Å². The number of carbonyl (C=O) groups is 4. The van der Waals surface area contributed by atoms with E-state index in [1.807, 2.05) is 27.7 Å². The maximum Gasteiger partial charge on any atom is 0.333 e. The highest BCUT2D eigenvalue weighted by atomic mass is 16.6. The van der Waals surface area contributed by atoms with E-state index < -0.39 is 47.0 Å². The molecule has 0 radical (unpaired) electrons. The van der Waals surface area contributed by atoms with Gasteiger partial charge in [0.05, 0.1) is 0 Å². The van der Waals surface area contributed by atoms with Gasteiger partial charge in [-0.3, -0.25) is 9.59 Å². The zero-order valence-corrected chi connectivity index (χ0v) is 21.8. The Bertz CT molecular complexity index is 958. The second kappa shape index (κ2) is 8.97. The molecule has 7 nitrogen and oxygen atoms in total. The molecule has 4 fully saturated rings. The van der Waals surface area contributed by atoms with Crippen LogP contribution in [-0.4, -0.2) is 42.0 Å². The summed E-state index contributed by atoms with van der Waals surface area (Å²) in [6.45, 7) is 16.0. The number of hydrogen-bond donors (Lipinski definition) is 0. The van der Waals surface area contributed by atoms with Crippen LogP contribution in [0.4, 0.5) is 0 Å². The first-order chi connectivity index (χ1) is 15.7. The van der Waals surface area contributed by atoms with Crippen molar-refractivity contribution in [2.75, 3.05) is 0 Å². The molecule has 0 aliphatic heterocycles. The van der Waals surface area contributed by atoms with Crippen molar-refractivity contribution < 1.29 is 33.4 Å². The number of Topliss-reactive ketones (excluding diaryl/α,β-unsaturated/α-hetero) is 1. The Morgan fingerprint density at radius 2 is 1.38 bits per heavy atom. The van der Waals surface area contributed by atoms with E-state index in [0.29, 0.717) is 17.6 Å². The summed E-state index contributed by atoms with van der Waals surface area (Å²) in [6.07, 6.45) is 0.858. The topological polar surface area (TPSA) is 96.0 Å². The molecule has 0 saturated heterocycles. The van der Waals surface area contributed by atoms with Gasteiger partial charge >= 0.3 is 17.9 Å². The average Bonchev–Trinajstić information content (AvgIpc) is 2.83. The summed E-state index contributed by atoms with van der Waals surface area (Å²) < 4.78 is 17.9. The van der Waals surface area contributed by atoms with Crippen LogP contribution >= 0.6 is 0 Å². The lowest BCUT2D eigenvalue weighted by molar-refractivity contribution is -0.242. The predicted molar refractivity (Wildman–Crippen MR) is 125 cm³/mol. The van der Waals surface area contributed by atoms with Crippen molar-refractivity contribution in [3.8, 4) is 0 Å². The number of allylic oxidation sites excluding steroid dienone is 2. The van der Waals surface area contributed by atoms with Gasteiger partial charge in [0.2, 0.25) is 0 Å². The molecule has 8 atom stereocenters. The SMILES string of the molecule is C/C=C(/C)C(=O)O[C@@H]1[C@@H](OC(=O)/C(C)=C\C)C(C)(C)[C@H]2[C@@H]3[C@H](C)CC(=O)[C@H]2[C@]3(C)[C@@H]1OC(C)=O. The lowest BCUT2D eigenvalue weighted by Crippen LogP contribution is -2.71. The van der Waals surface area contributed by atoms with Crippen LogP contribution in [0.1, 0.15) is 68.7 Å². The van der Waals surface area contributed by atoms with Gasteiger partial charge in [0, 0.05) is 41.2 Å². The summed E-state index contributed by atoms with van der Waals surface area (Å²) in [5, 5.41) is 0. The van der Waals surface area contributed by atoms with Crippen molar-refractivity contribution in [1.82, 2.24) is 0 Å². The molecule has 4 rings (SSSR count). The van der Waals surface area contributed by atoms with Gasteiger partial charge in [0.15, 0.2) is 6.10 Å². The minimum absolute atomic E-state index is 0.0464. The first kappa shape index (κ1) is 26.2. The third kappa shape index (κ3) is 3.81. The smallest absolute Gasteiger partial charge is 0.333 e. The summed E-state index contributed by atoms with van der Waals surface area (Å²) in [5.74, 6) is -1.87. The van der Waals surface area contributed by atoms with E-state index in [0.717, 1.165) is 0 Å². The molecule has 4 aliphatic carbocycles. The second-order valence-electron chi connectivity index (χ2n) is 11.0. The number of ether oxygens (including phenoxy) is 3. The van der Waals surface area contributed by atoms with E-state index in [-0.39, 0.29) is 29.5 Å². The van der Waals surface area contributed by atoms with Crippen molar-refractivity contribution in [2.45, 2.75) is 87.0 Å². The highest BCUT2D eigenvalue weighted by molar-refractivity contribution is 5.89. The molecule has 34 heavy (non-hydrogen) atoms. The largest absolute Gasteiger partial charge is 0.458 e. The van der Waals surface area contributed by atoms with E-state index in [9.17, 15) is 19.2 Å². The maximum atomic E-state index is 13.3. The van der Waals surface area contributed by atoms with Crippen LogP contribution < -0.4 is 0 Å². The Labute approximate surface area is 202 Å². The number of rotatable bonds is 5. The van der Waals surface area contributed by atoms with Gasteiger partial charge in [-0.1, -0.05) is 39.8 Å². The van der Waals surface area contributed by atoms with Crippen molar-refractivity contribution >= 4 is 23.7 Å². The average molecular weight is 475 g/mol. The molecule has 0 unspecified atom stereocenters. The summed E-state index contributed by atoms with van der Waals surface area (Å²) in [6, 6.07) is 0. The van der Waals surface area contributed by atoms with Gasteiger partial charge in [0.1, 0.15) is 18.0 Å². The second-order valence-corrected chi connectivity index (χ2v) is 11.0. The quantitative estimate of drug-likeness (QED) is 0.335. The molecule has 4 aliphatic rings. The van der Waals surface area contributed by atoms with Gasteiger partial charge in [-0.05, 0) is 45.4 Å². The van der Waals surface area contributed by atoms with Crippen LogP contribution in [0.25, 0.3) is 0 Å². The molecule has 0 aromatic heterocycles. The van der Waals surface area contributed by atoms with Gasteiger partial charge < -0.3 is 14.2 Å². The van der Waals surface area contributed by atoms with Crippen LogP contribution in [-0.2, 0) is 33.4 Å². The molecule has 0 N–H and O–H groups in total. The molecule has 188 valence electrons. The van der Waals surface area contributed by atoms with Crippen molar-refractivity contribution in [1.29, 1.82) is 0 Å². The van der Waals surface area contributed by atoms with Gasteiger partial charge in [-0.15, -0.1) is 0 Å². The fourth-order valence-corrected chi connectivity index (χ4v) is 6.92. The minimum Gasteiger partial charge on any atom is -0.458 e. The van der Waals surface area contributed by atoms with E-state index in [2.05, 4.69) is 0 Å². The van der Waals surface area contributed by atoms with Crippen LogP contribution in [0.2, 0.25) is 0 Å². The molecule has 4 saturated carbocycles. The van der Waals surface area contributed by atoms with Crippen LogP contribution in [0.5, 0.6) is 0 Å². The summed E-state index contributed by atoms with van der Waals surface area (Å²) in [4.78, 5) is 51.5. The van der Waals surface area contributed by atoms with E-state index >= 15 is 0 Å². The summed E-state index contributed by atoms with van der Waals surface area (Å²) in [7, 11) is 0. The molecule has 0 spiro atoms. The molecular weight excluding hydrogens is 436 g/mol. The minimum atomic E-state index is -1.06. The number of esters is 3. The van der Waals surface area contributed by atoms with Gasteiger partial charge in [0.25, 0.3) is 0 Å². The Hall–Kier alpha value is -2.44. The third-order valence-corrected chi connectivity index (χ3v) is 8.70. The highest BCUT2D eigenvalue weighted by Crippen LogP contribution is 2.73. The monoisotopic (exact) mass is 474 g/mol. The Kier molecular flexibility index (Phi) is 6.90. The maximum absolute atomic E-state index is 13.3. The normalized spacial score (nSPS) is 38.9. The molecule has 0 amide bonds. The number of carbonyl (C=O) groups excluding carboxylic acids is 4. The zero-order valence-electron chi connectivity index (χ0n) is 21.8. The van der Waals surface area contributed by atoms with Crippen LogP contribution in [0.15, 0.2) is 23.3 Å². The fourth-order valence-electron chi connectivity index (χ4n) is 6.92. The van der Waals surface area contributed by atoms with Crippen LogP contribution in [0, 0.1) is 34.5 Å². The Morgan fingerprint density at radius 3 is 1.85 bits per heavy atom. The summed E-state index contributed by atoms with van der Waals surface area (Å²) >= 11 is 0. The lowest BCUT2D eigenvalue weighted by atomic mass is 9.35. The van der Waals surface area contributed by atoms with E-state index in [1.165, 1.54) is 6.92 Å². The predicted octanol–water partition coefficient (Wildman–Crippen LogP) is 4.19. The lowest BCUT2D eigenvalue weighted by Gasteiger charge is -2.68. The molecule has 0 heterocycles. The summed E-state index contributed by atoms with van der Waals surface area (Å²) in [5.41, 5.74) is -0.636. The van der Waals surface area contributed by atoms with E-state index in [4.69, 9.17) is 14.2 Å². The molecule has 0 aromatic carbocycles. The third-order valence-electron chi connectivity index (χ3n) is 8.70. The molecule has 7 heteroatoms. The zero-order chi connectivity index (χ0) is 25.7. The molecule has 0 aromatic rings. The van der Waals surface area contributed by atoms with Crippen molar-refractivity contribution in [3.05, 3.63) is 23.3 Å². The fraction of sp³-hybridized carbons (Fsp3) is 0.704. The van der Waals surface area contributed by atoms with Crippen LogP contribution in [0.3, 0.4) is 0 Å². The van der Waals surface area contributed by atoms with Gasteiger partial charge in [-0.25, -0.2) is 9.59 Å². The molecular formula is C27H38O7. The number of hydrogen-bond acceptors (Lipinski definition) is 7. The Morgan fingerprint density at radius 1 is 0.853 bits per heavy atom. The van der Waals surface area contributed by atoms with Gasteiger partial charge in [-0.2, -0.15) is 0 Å². The van der Waals surface area contributed by atoms with Crippen molar-refractivity contribution in [2.24, 2.45) is 34.5 Å². The standard InChI is InChI=1S/C27H38O7/c1-10-13(3)24(30)33-21-22(34-25(31)14(4)11-2)26(7,8)20-18-15(5)12-17(29)19(20)27(18,9)23(21)32-16(6)28/h10-11,15,18-23H,12H2,1-9H3/b13-10-,14-11-/t15-,18+,19-,20+,21-,22-,23-,27-/m1/s1. The van der Waals surface area contributed by atoms with Crippen molar-refractivity contribution in [3.63, 3.8) is 0 Å².